The highest BCUT2D eigenvalue weighted by molar-refractivity contribution is 7.92. The number of ether oxygens (including phenoxy) is 1. The molecule has 11 heteroatoms. The minimum Gasteiger partial charge on any atom is -0.495 e. The highest BCUT2D eigenvalue weighted by Gasteiger charge is 2.34. The predicted octanol–water partition coefficient (Wildman–Crippen LogP) is 5.98. The molecule has 2 amide bonds. The largest absolute Gasteiger partial charge is 0.495 e. The van der Waals surface area contributed by atoms with E-state index in [0.29, 0.717) is 15.6 Å². The maximum Gasteiger partial charge on any atom is 0.264 e. The number of sulfonamides is 1. The smallest absolute Gasteiger partial charge is 0.264 e. The van der Waals surface area contributed by atoms with Gasteiger partial charge in [-0.3, -0.25) is 13.9 Å². The van der Waals surface area contributed by atoms with Crippen LogP contribution in [0.3, 0.4) is 0 Å². The molecule has 3 aromatic carbocycles. The van der Waals surface area contributed by atoms with Gasteiger partial charge in [-0.15, -0.1) is 0 Å². The quantitative estimate of drug-likeness (QED) is 0.281. The lowest BCUT2D eigenvalue weighted by Crippen LogP contribution is -2.52. The van der Waals surface area contributed by atoms with Gasteiger partial charge >= 0.3 is 0 Å². The highest BCUT2D eigenvalue weighted by Crippen LogP contribution is 2.33. The topological polar surface area (TPSA) is 96.0 Å². The van der Waals surface area contributed by atoms with Crippen LogP contribution in [0.5, 0.6) is 5.75 Å². The summed E-state index contributed by atoms with van der Waals surface area (Å²) in [6, 6.07) is 17.0. The van der Waals surface area contributed by atoms with Gasteiger partial charge in [0.05, 0.1) is 17.7 Å². The van der Waals surface area contributed by atoms with E-state index in [0.717, 1.165) is 35.6 Å². The number of methoxy groups -OCH3 is 1. The Morgan fingerprint density at radius 3 is 2.33 bits per heavy atom. The summed E-state index contributed by atoms with van der Waals surface area (Å²) in [6.07, 6.45) is 3.83. The third kappa shape index (κ3) is 7.38. The van der Waals surface area contributed by atoms with Crippen LogP contribution in [0.15, 0.2) is 71.6 Å². The molecule has 0 aliphatic heterocycles. The maximum absolute atomic E-state index is 14.2. The number of carbonyl (C=O) groups excluding carboxylic acids is 2. The van der Waals surface area contributed by atoms with Gasteiger partial charge in [0.15, 0.2) is 0 Å². The summed E-state index contributed by atoms with van der Waals surface area (Å²) in [5.74, 6) is -0.623. The molecule has 0 radical (unpaired) electrons. The number of halogens is 2. The molecule has 8 nitrogen and oxygen atoms in total. The summed E-state index contributed by atoms with van der Waals surface area (Å²) in [5.41, 5.74) is 1.66. The molecular formula is C31H35Cl2N3O5S. The minimum absolute atomic E-state index is 0.0196. The first-order valence-corrected chi connectivity index (χ1v) is 16.0. The number of para-hydroxylation sites is 2. The first kappa shape index (κ1) is 31.7. The molecule has 1 N–H and O–H groups in total. The second kappa shape index (κ2) is 13.8. The van der Waals surface area contributed by atoms with Crippen molar-refractivity contribution in [3.63, 3.8) is 0 Å². The molecule has 3 aromatic rings. The van der Waals surface area contributed by atoms with E-state index in [1.807, 2.05) is 6.92 Å². The van der Waals surface area contributed by atoms with Crippen molar-refractivity contribution in [1.82, 2.24) is 10.2 Å². The number of benzene rings is 3. The maximum atomic E-state index is 14.2. The Morgan fingerprint density at radius 2 is 1.69 bits per heavy atom. The Bertz CT molecular complexity index is 1530. The van der Waals surface area contributed by atoms with Crippen LogP contribution in [0.2, 0.25) is 10.0 Å². The van der Waals surface area contributed by atoms with Crippen molar-refractivity contribution in [2.45, 2.75) is 63.1 Å². The first-order valence-electron chi connectivity index (χ1n) is 13.8. The van der Waals surface area contributed by atoms with Crippen LogP contribution < -0.4 is 14.4 Å². The van der Waals surface area contributed by atoms with Crippen LogP contribution in [-0.2, 0) is 26.2 Å². The average molecular weight is 633 g/mol. The second-order valence-corrected chi connectivity index (χ2v) is 13.1. The first-order chi connectivity index (χ1) is 20.0. The molecule has 1 fully saturated rings. The molecule has 0 spiro atoms. The third-order valence-corrected chi connectivity index (χ3v) is 9.83. The lowest BCUT2D eigenvalue weighted by atomic mass is 10.1. The number of nitrogens with zero attached hydrogens (tertiary/aromatic N) is 2. The van der Waals surface area contributed by atoms with E-state index in [2.05, 4.69) is 5.32 Å². The molecule has 0 saturated heterocycles. The molecule has 0 aromatic heterocycles. The lowest BCUT2D eigenvalue weighted by Gasteiger charge is -2.33. The van der Waals surface area contributed by atoms with Gasteiger partial charge in [-0.05, 0) is 68.7 Å². The Hall–Kier alpha value is -3.27. The zero-order chi connectivity index (χ0) is 30.4. The number of hydrogen-bond acceptors (Lipinski definition) is 5. The molecule has 224 valence electrons. The average Bonchev–Trinajstić information content (AvgIpc) is 3.48. The van der Waals surface area contributed by atoms with Crippen LogP contribution in [0.25, 0.3) is 0 Å². The van der Waals surface area contributed by atoms with Crippen molar-refractivity contribution < 1.29 is 22.7 Å². The number of amides is 2. The molecule has 4 rings (SSSR count). The molecule has 1 saturated carbocycles. The second-order valence-electron chi connectivity index (χ2n) is 10.4. The zero-order valence-electron chi connectivity index (χ0n) is 23.8. The van der Waals surface area contributed by atoms with Gasteiger partial charge in [0.25, 0.3) is 10.0 Å². The van der Waals surface area contributed by atoms with Crippen molar-refractivity contribution in [3.05, 3.63) is 87.9 Å². The number of rotatable bonds is 11. The Labute approximate surface area is 257 Å². The summed E-state index contributed by atoms with van der Waals surface area (Å²) in [4.78, 5) is 28.9. The molecule has 1 unspecified atom stereocenters. The molecule has 42 heavy (non-hydrogen) atoms. The number of carbonyl (C=O) groups is 2. The summed E-state index contributed by atoms with van der Waals surface area (Å²) >= 11 is 12.6. The van der Waals surface area contributed by atoms with Gasteiger partial charge < -0.3 is 15.0 Å². The molecule has 1 aliphatic rings. The van der Waals surface area contributed by atoms with Crippen LogP contribution in [0.1, 0.15) is 43.7 Å². The van der Waals surface area contributed by atoms with E-state index < -0.39 is 28.5 Å². The third-order valence-electron chi connectivity index (χ3n) is 7.47. The van der Waals surface area contributed by atoms with E-state index in [1.165, 1.54) is 24.1 Å². The number of nitrogens with one attached hydrogen (secondary N) is 1. The minimum atomic E-state index is -4.22. The van der Waals surface area contributed by atoms with Crippen molar-refractivity contribution in [2.75, 3.05) is 18.0 Å². The number of anilines is 1. The van der Waals surface area contributed by atoms with Gasteiger partial charge in [-0.2, -0.15) is 0 Å². The van der Waals surface area contributed by atoms with E-state index in [4.69, 9.17) is 27.9 Å². The van der Waals surface area contributed by atoms with E-state index in [9.17, 15) is 18.0 Å². The van der Waals surface area contributed by atoms with E-state index in [-0.39, 0.29) is 34.8 Å². The SMILES string of the molecule is COc1ccccc1N(CC(=O)N(Cc1ccc(Cl)cc1Cl)C(C)C(=O)NC1CCCC1)S(=O)(=O)c1ccc(C)cc1. The highest BCUT2D eigenvalue weighted by atomic mass is 35.5. The predicted molar refractivity (Wildman–Crippen MR) is 166 cm³/mol. The van der Waals surface area contributed by atoms with Crippen LogP contribution in [0, 0.1) is 6.92 Å². The summed E-state index contributed by atoms with van der Waals surface area (Å²) in [7, 11) is -2.79. The van der Waals surface area contributed by atoms with Gasteiger partial charge in [0, 0.05) is 22.6 Å². The zero-order valence-corrected chi connectivity index (χ0v) is 26.2. The van der Waals surface area contributed by atoms with Gasteiger partial charge in [0.2, 0.25) is 11.8 Å². The fourth-order valence-electron chi connectivity index (χ4n) is 4.99. The molecule has 1 aliphatic carbocycles. The Morgan fingerprint density at radius 1 is 1.02 bits per heavy atom. The fraction of sp³-hybridized carbons (Fsp3) is 0.355. The monoisotopic (exact) mass is 631 g/mol. The summed E-state index contributed by atoms with van der Waals surface area (Å²) in [5, 5.41) is 3.81. The number of hydrogen-bond donors (Lipinski definition) is 1. The molecule has 0 heterocycles. The molecule has 0 bridgehead atoms. The lowest BCUT2D eigenvalue weighted by molar-refractivity contribution is -0.139. The Kier molecular flexibility index (Phi) is 10.4. The number of aryl methyl sites for hydroxylation is 1. The van der Waals surface area contributed by atoms with Crippen molar-refractivity contribution in [2.24, 2.45) is 0 Å². The van der Waals surface area contributed by atoms with Crippen molar-refractivity contribution >= 4 is 50.7 Å². The van der Waals surface area contributed by atoms with Gasteiger partial charge in [0.1, 0.15) is 18.3 Å². The van der Waals surface area contributed by atoms with Crippen molar-refractivity contribution in [3.8, 4) is 5.75 Å². The van der Waals surface area contributed by atoms with Crippen molar-refractivity contribution in [1.29, 1.82) is 0 Å². The fourth-order valence-corrected chi connectivity index (χ4v) is 6.89. The standard InChI is InChI=1S/C31H35Cl2N3O5S/c1-21-12-16-26(17-13-21)42(39,40)36(28-10-6-7-11-29(28)41-3)20-30(37)35(19-23-14-15-24(32)18-27(23)33)22(2)31(38)34-25-8-4-5-9-25/h6-7,10-18,22,25H,4-5,8-9,19-20H2,1-3H3,(H,34,38). The van der Waals surface area contributed by atoms with Crippen LogP contribution >= 0.6 is 23.2 Å². The van der Waals surface area contributed by atoms with Gasteiger partial charge in [-0.25, -0.2) is 8.42 Å². The Balaban J connectivity index is 1.73. The van der Waals surface area contributed by atoms with Gasteiger partial charge in [-0.1, -0.05) is 71.9 Å². The summed E-state index contributed by atoms with van der Waals surface area (Å²) in [6.45, 7) is 2.88. The molecule has 1 atom stereocenters. The normalized spacial score (nSPS) is 14.3. The van der Waals surface area contributed by atoms with E-state index >= 15 is 0 Å². The molecular weight excluding hydrogens is 597 g/mol. The van der Waals surface area contributed by atoms with Crippen LogP contribution in [-0.4, -0.2) is 50.9 Å². The van der Waals surface area contributed by atoms with Crippen LogP contribution in [0.4, 0.5) is 5.69 Å². The summed E-state index contributed by atoms with van der Waals surface area (Å²) < 4.78 is 34.6. The van der Waals surface area contributed by atoms with E-state index in [1.54, 1.807) is 61.5 Å².